The minimum absolute atomic E-state index is 0.142. The van der Waals surface area contributed by atoms with Gasteiger partial charge in [-0.05, 0) is 46.6 Å². The van der Waals surface area contributed by atoms with Crippen LogP contribution in [0.4, 0.5) is 5.82 Å². The predicted octanol–water partition coefficient (Wildman–Crippen LogP) is 4.29. The zero-order valence-electron chi connectivity index (χ0n) is 12.7. The zero-order chi connectivity index (χ0) is 13.7. The van der Waals surface area contributed by atoms with Gasteiger partial charge in [0.25, 0.3) is 0 Å². The molecule has 2 nitrogen and oxygen atoms in total. The Morgan fingerprint density at radius 1 is 1.21 bits per heavy atom. The van der Waals surface area contributed by atoms with Gasteiger partial charge in [0.05, 0.1) is 0 Å². The number of anilines is 1. The third-order valence-corrected chi connectivity index (χ3v) is 5.21. The first kappa shape index (κ1) is 13.0. The van der Waals surface area contributed by atoms with Gasteiger partial charge in [0.2, 0.25) is 0 Å². The van der Waals surface area contributed by atoms with E-state index >= 15 is 0 Å². The fourth-order valence-electron chi connectivity index (χ4n) is 4.40. The first-order chi connectivity index (χ1) is 8.97. The van der Waals surface area contributed by atoms with E-state index in [9.17, 15) is 0 Å². The SMILES string of the molecule is C[C@@H]1N(C(C)(C)C)c2ncccc2C12CCCCC2. The predicted molar refractivity (Wildman–Crippen MR) is 80.7 cm³/mol. The van der Waals surface area contributed by atoms with Gasteiger partial charge >= 0.3 is 0 Å². The molecule has 1 spiro atoms. The van der Waals surface area contributed by atoms with Crippen molar-refractivity contribution >= 4 is 5.82 Å². The maximum Gasteiger partial charge on any atom is 0.133 e. The van der Waals surface area contributed by atoms with Crippen LogP contribution >= 0.6 is 0 Å². The van der Waals surface area contributed by atoms with E-state index in [2.05, 4.69) is 44.7 Å². The molecule has 1 atom stereocenters. The van der Waals surface area contributed by atoms with Gasteiger partial charge in [-0.25, -0.2) is 4.98 Å². The summed E-state index contributed by atoms with van der Waals surface area (Å²) in [5.41, 5.74) is 2.01. The van der Waals surface area contributed by atoms with Gasteiger partial charge in [-0.1, -0.05) is 25.3 Å². The zero-order valence-corrected chi connectivity index (χ0v) is 12.7. The maximum atomic E-state index is 4.73. The molecule has 104 valence electrons. The Bertz CT molecular complexity index is 466. The number of hydrogen-bond donors (Lipinski definition) is 0. The molecular formula is C17H26N2. The van der Waals surface area contributed by atoms with Crippen LogP contribution in [-0.4, -0.2) is 16.6 Å². The minimum Gasteiger partial charge on any atom is -0.348 e. The fraction of sp³-hybridized carbons (Fsp3) is 0.706. The number of hydrogen-bond acceptors (Lipinski definition) is 2. The van der Waals surface area contributed by atoms with E-state index in [0.29, 0.717) is 11.5 Å². The molecule has 1 aromatic rings. The average molecular weight is 258 g/mol. The van der Waals surface area contributed by atoms with Crippen LogP contribution in [-0.2, 0) is 5.41 Å². The molecule has 0 amide bonds. The first-order valence-corrected chi connectivity index (χ1v) is 7.72. The lowest BCUT2D eigenvalue weighted by Crippen LogP contribution is -2.51. The van der Waals surface area contributed by atoms with Crippen molar-refractivity contribution in [3.05, 3.63) is 23.9 Å². The van der Waals surface area contributed by atoms with Gasteiger partial charge in [0.1, 0.15) is 5.82 Å². The molecular weight excluding hydrogens is 232 g/mol. The Morgan fingerprint density at radius 2 is 1.89 bits per heavy atom. The standard InChI is InChI=1S/C17H26N2/c1-13-17(10-6-5-7-11-17)14-9-8-12-18-15(14)19(13)16(2,3)4/h8-9,12-13H,5-7,10-11H2,1-4H3/t13-/m0/s1. The molecule has 2 heteroatoms. The molecule has 19 heavy (non-hydrogen) atoms. The van der Waals surface area contributed by atoms with Crippen LogP contribution in [0.3, 0.4) is 0 Å². The van der Waals surface area contributed by atoms with Crippen molar-refractivity contribution in [2.75, 3.05) is 4.90 Å². The van der Waals surface area contributed by atoms with Crippen LogP contribution in [0.5, 0.6) is 0 Å². The molecule has 3 rings (SSSR count). The fourth-order valence-corrected chi connectivity index (χ4v) is 4.40. The average Bonchev–Trinajstić information content (AvgIpc) is 2.61. The van der Waals surface area contributed by atoms with Crippen LogP contribution in [0.25, 0.3) is 0 Å². The van der Waals surface area contributed by atoms with E-state index in [1.807, 2.05) is 6.20 Å². The molecule has 1 aliphatic carbocycles. The summed E-state index contributed by atoms with van der Waals surface area (Å²) >= 11 is 0. The van der Waals surface area contributed by atoms with E-state index in [1.54, 1.807) is 0 Å². The van der Waals surface area contributed by atoms with Crippen LogP contribution in [0, 0.1) is 0 Å². The second-order valence-corrected chi connectivity index (χ2v) is 7.31. The van der Waals surface area contributed by atoms with Crippen molar-refractivity contribution in [1.29, 1.82) is 0 Å². The molecule has 0 saturated heterocycles. The third-order valence-electron chi connectivity index (χ3n) is 5.21. The summed E-state index contributed by atoms with van der Waals surface area (Å²) < 4.78 is 0. The Balaban J connectivity index is 2.14. The summed E-state index contributed by atoms with van der Waals surface area (Å²) in [6, 6.07) is 5.02. The largest absolute Gasteiger partial charge is 0.348 e. The molecule has 0 N–H and O–H groups in total. The molecule has 2 aliphatic rings. The maximum absolute atomic E-state index is 4.73. The Kier molecular flexibility index (Phi) is 2.88. The quantitative estimate of drug-likeness (QED) is 0.690. The minimum atomic E-state index is 0.142. The number of pyridine rings is 1. The van der Waals surface area contributed by atoms with E-state index in [1.165, 1.54) is 43.5 Å². The highest BCUT2D eigenvalue weighted by atomic mass is 15.3. The van der Waals surface area contributed by atoms with E-state index < -0.39 is 0 Å². The normalized spacial score (nSPS) is 25.7. The van der Waals surface area contributed by atoms with E-state index in [-0.39, 0.29) is 5.54 Å². The Hall–Kier alpha value is -1.05. The summed E-state index contributed by atoms with van der Waals surface area (Å²) in [6.45, 7) is 9.34. The highest BCUT2D eigenvalue weighted by Crippen LogP contribution is 2.53. The van der Waals surface area contributed by atoms with Crippen molar-refractivity contribution in [2.45, 2.75) is 76.8 Å². The Labute approximate surface area is 117 Å². The summed E-state index contributed by atoms with van der Waals surface area (Å²) in [5.74, 6) is 1.24. The molecule has 0 unspecified atom stereocenters. The second kappa shape index (κ2) is 4.22. The van der Waals surface area contributed by atoms with Gasteiger partial charge in [-0.3, -0.25) is 0 Å². The molecule has 0 bridgehead atoms. The molecule has 1 aliphatic heterocycles. The molecule has 1 saturated carbocycles. The lowest BCUT2D eigenvalue weighted by molar-refractivity contribution is 0.247. The van der Waals surface area contributed by atoms with Crippen LogP contribution < -0.4 is 4.90 Å². The molecule has 1 aromatic heterocycles. The monoisotopic (exact) mass is 258 g/mol. The van der Waals surface area contributed by atoms with Crippen molar-refractivity contribution in [1.82, 2.24) is 4.98 Å². The van der Waals surface area contributed by atoms with Crippen molar-refractivity contribution in [2.24, 2.45) is 0 Å². The van der Waals surface area contributed by atoms with Crippen molar-refractivity contribution in [3.63, 3.8) is 0 Å². The summed E-state index contributed by atoms with van der Waals surface area (Å²) in [7, 11) is 0. The van der Waals surface area contributed by atoms with Crippen LogP contribution in [0.1, 0.15) is 65.4 Å². The lowest BCUT2D eigenvalue weighted by Gasteiger charge is -2.44. The highest BCUT2D eigenvalue weighted by Gasteiger charge is 2.51. The number of aromatic nitrogens is 1. The van der Waals surface area contributed by atoms with E-state index in [0.717, 1.165) is 0 Å². The van der Waals surface area contributed by atoms with Gasteiger partial charge < -0.3 is 4.90 Å². The molecule has 0 radical (unpaired) electrons. The summed E-state index contributed by atoms with van der Waals surface area (Å²) in [4.78, 5) is 7.30. The Morgan fingerprint density at radius 3 is 2.53 bits per heavy atom. The van der Waals surface area contributed by atoms with E-state index in [4.69, 9.17) is 4.98 Å². The molecule has 2 heterocycles. The van der Waals surface area contributed by atoms with Gasteiger partial charge in [-0.2, -0.15) is 0 Å². The van der Waals surface area contributed by atoms with Crippen LogP contribution in [0.15, 0.2) is 18.3 Å². The van der Waals surface area contributed by atoms with Gasteiger partial charge in [0, 0.05) is 28.8 Å². The van der Waals surface area contributed by atoms with Crippen LogP contribution in [0.2, 0.25) is 0 Å². The van der Waals surface area contributed by atoms with Crippen molar-refractivity contribution < 1.29 is 0 Å². The topological polar surface area (TPSA) is 16.1 Å². The number of fused-ring (bicyclic) bond motifs is 2. The summed E-state index contributed by atoms with van der Waals surface area (Å²) in [5, 5.41) is 0. The molecule has 1 fully saturated rings. The molecule has 0 aromatic carbocycles. The second-order valence-electron chi connectivity index (χ2n) is 7.31. The highest BCUT2D eigenvalue weighted by molar-refractivity contribution is 5.61. The van der Waals surface area contributed by atoms with Crippen molar-refractivity contribution in [3.8, 4) is 0 Å². The van der Waals surface area contributed by atoms with Gasteiger partial charge in [0.15, 0.2) is 0 Å². The summed E-state index contributed by atoms with van der Waals surface area (Å²) in [6.07, 6.45) is 8.76. The van der Waals surface area contributed by atoms with Gasteiger partial charge in [-0.15, -0.1) is 0 Å². The smallest absolute Gasteiger partial charge is 0.133 e. The lowest BCUT2D eigenvalue weighted by atomic mass is 9.67. The number of nitrogens with zero attached hydrogens (tertiary/aromatic N) is 2. The first-order valence-electron chi connectivity index (χ1n) is 7.72. The third kappa shape index (κ3) is 1.79. The number of rotatable bonds is 0.